The number of rotatable bonds is 41. The van der Waals surface area contributed by atoms with Crippen LogP contribution in [0.2, 0.25) is 0 Å². The largest absolute Gasteiger partial charge is 0.499 e. The minimum absolute atomic E-state index is 0.0795. The maximum atomic E-state index is 9.28. The van der Waals surface area contributed by atoms with E-state index < -0.39 is 6.10 Å². The molecule has 0 radical (unpaired) electrons. The molecule has 0 saturated carbocycles. The fourth-order valence-electron chi connectivity index (χ4n) is 4.74. The van der Waals surface area contributed by atoms with Crippen LogP contribution >= 0.6 is 0 Å². The molecule has 1 N–H and O–H groups in total. The molecule has 0 aromatic rings. The Morgan fingerprint density at radius 3 is 0.912 bits per heavy atom. The van der Waals surface area contributed by atoms with Gasteiger partial charge in [0.1, 0.15) is 12.7 Å². The number of ether oxygens (including phenoxy) is 14. The monoisotopic (exact) mass is 829 g/mol. The predicted octanol–water partition coefficient (Wildman–Crippen LogP) is 5.02. The second kappa shape index (κ2) is 35.7. The highest BCUT2D eigenvalue weighted by Crippen LogP contribution is 2.08. The Hall–Kier alpha value is -1.02. The van der Waals surface area contributed by atoms with Gasteiger partial charge in [-0.25, -0.2) is 0 Å². The van der Waals surface area contributed by atoms with Crippen LogP contribution in [0.5, 0.6) is 0 Å². The number of hydrogen-bond donors (Lipinski definition) is 1. The van der Waals surface area contributed by atoms with Gasteiger partial charge in [0.2, 0.25) is 0 Å². The van der Waals surface area contributed by atoms with Gasteiger partial charge in [-0.1, -0.05) is 6.58 Å². The Kier molecular flexibility index (Phi) is 35.1. The quantitative estimate of drug-likeness (QED) is 0.0823. The van der Waals surface area contributed by atoms with Crippen LogP contribution in [0.3, 0.4) is 0 Å². The molecule has 57 heavy (non-hydrogen) atoms. The number of aliphatic hydroxyl groups is 1. The molecule has 0 bridgehead atoms. The van der Waals surface area contributed by atoms with E-state index in [0.717, 1.165) is 0 Å². The van der Waals surface area contributed by atoms with Gasteiger partial charge < -0.3 is 71.4 Å². The summed E-state index contributed by atoms with van der Waals surface area (Å²) in [5.74, 6) is 0. The van der Waals surface area contributed by atoms with Gasteiger partial charge in [0.05, 0.1) is 165 Å². The molecule has 0 fully saturated rings. The van der Waals surface area contributed by atoms with Crippen molar-refractivity contribution in [3.63, 3.8) is 0 Å². The minimum atomic E-state index is -0.484. The van der Waals surface area contributed by atoms with Crippen molar-refractivity contribution in [2.24, 2.45) is 0 Å². The zero-order valence-electron chi connectivity index (χ0n) is 37.9. The molecule has 13 atom stereocenters. The second-order valence-electron chi connectivity index (χ2n) is 15.3. The maximum absolute atomic E-state index is 9.28. The van der Waals surface area contributed by atoms with Gasteiger partial charge in [0.15, 0.2) is 0 Å². The third kappa shape index (κ3) is 35.4. The first kappa shape index (κ1) is 56.0. The second-order valence-corrected chi connectivity index (χ2v) is 15.3. The van der Waals surface area contributed by atoms with Crippen LogP contribution in [0.1, 0.15) is 83.1 Å². The van der Waals surface area contributed by atoms with Crippen LogP contribution in [0.15, 0.2) is 12.8 Å². The van der Waals surface area contributed by atoms with Gasteiger partial charge in [0.25, 0.3) is 0 Å². The van der Waals surface area contributed by atoms with E-state index in [1.54, 1.807) is 14.0 Å². The van der Waals surface area contributed by atoms with Gasteiger partial charge >= 0.3 is 0 Å². The highest BCUT2D eigenvalue weighted by molar-refractivity contribution is 4.63. The van der Waals surface area contributed by atoms with Crippen molar-refractivity contribution in [2.45, 2.75) is 162 Å². The smallest absolute Gasteiger partial charge is 0.116 e. The summed E-state index contributed by atoms with van der Waals surface area (Å²) in [7, 11) is 1.62. The van der Waals surface area contributed by atoms with Crippen molar-refractivity contribution in [1.82, 2.24) is 0 Å². The summed E-state index contributed by atoms with van der Waals surface area (Å²) in [4.78, 5) is 0. The SMILES string of the molecule is C=COCC(COC(C)COCC(C)OCC(C)OCC(C)OCC(C)OCC(C)OCC(C)OC(C)COC(C)COC(C)COC(C)COCC(C)O)OC. The Labute approximate surface area is 345 Å². The third-order valence-electron chi connectivity index (χ3n) is 8.10. The summed E-state index contributed by atoms with van der Waals surface area (Å²) in [5.41, 5.74) is 0. The van der Waals surface area contributed by atoms with Crippen LogP contribution in [-0.4, -0.2) is 184 Å². The molecule has 0 spiro atoms. The van der Waals surface area contributed by atoms with Crippen molar-refractivity contribution in [1.29, 1.82) is 0 Å². The molecule has 342 valence electrons. The van der Waals surface area contributed by atoms with Crippen LogP contribution in [0.25, 0.3) is 0 Å². The first-order valence-corrected chi connectivity index (χ1v) is 20.8. The molecule has 0 aromatic heterocycles. The van der Waals surface area contributed by atoms with E-state index in [4.69, 9.17) is 66.3 Å². The van der Waals surface area contributed by atoms with E-state index >= 15 is 0 Å². The molecule has 0 aliphatic rings. The van der Waals surface area contributed by atoms with Gasteiger partial charge in [-0.2, -0.15) is 0 Å². The zero-order chi connectivity index (χ0) is 43.0. The zero-order valence-corrected chi connectivity index (χ0v) is 37.9. The summed E-state index contributed by atoms with van der Waals surface area (Å²) >= 11 is 0. The standard InChI is InChI=1S/C42H84O15/c1-15-45-28-42(44-14)29-56-33(5)19-47-18-32(4)49-21-35(7)50-22-36(8)51-23-37(9)53-25-39(11)55-27-41(13)57-40(12)26-54-38(10)24-52-34(6)20-48-31(3)17-46-16-30(2)43/h15,30-43H,1,16-29H2,2-14H3. The summed E-state index contributed by atoms with van der Waals surface area (Å²) < 4.78 is 80.8. The minimum Gasteiger partial charge on any atom is -0.499 e. The average Bonchev–Trinajstić information content (AvgIpc) is 3.17. The van der Waals surface area contributed by atoms with Crippen LogP contribution in [0.4, 0.5) is 0 Å². The fraction of sp³-hybridized carbons (Fsp3) is 0.952. The molecule has 0 amide bonds. The highest BCUT2D eigenvalue weighted by Gasteiger charge is 2.17. The van der Waals surface area contributed by atoms with Crippen molar-refractivity contribution in [2.75, 3.05) is 99.6 Å². The Morgan fingerprint density at radius 1 is 0.368 bits per heavy atom. The molecular weight excluding hydrogens is 744 g/mol. The fourth-order valence-corrected chi connectivity index (χ4v) is 4.74. The van der Waals surface area contributed by atoms with E-state index in [0.29, 0.717) is 92.5 Å². The number of methoxy groups -OCH3 is 1. The van der Waals surface area contributed by atoms with Crippen molar-refractivity contribution >= 4 is 0 Å². The van der Waals surface area contributed by atoms with E-state index in [9.17, 15) is 5.11 Å². The molecule has 0 aromatic carbocycles. The lowest BCUT2D eigenvalue weighted by molar-refractivity contribution is -0.120. The molecule has 0 rings (SSSR count). The van der Waals surface area contributed by atoms with Crippen molar-refractivity contribution in [3.8, 4) is 0 Å². The van der Waals surface area contributed by atoms with E-state index in [1.165, 1.54) is 6.26 Å². The van der Waals surface area contributed by atoms with Crippen LogP contribution < -0.4 is 0 Å². The van der Waals surface area contributed by atoms with Crippen molar-refractivity contribution in [3.05, 3.63) is 12.8 Å². The molecular formula is C42H84O15. The normalized spacial score (nSPS) is 19.1. The predicted molar refractivity (Wildman–Crippen MR) is 219 cm³/mol. The molecule has 15 nitrogen and oxygen atoms in total. The number of hydrogen-bond acceptors (Lipinski definition) is 15. The van der Waals surface area contributed by atoms with Crippen molar-refractivity contribution < 1.29 is 71.4 Å². The topological polar surface area (TPSA) is 149 Å². The summed E-state index contributed by atoms with van der Waals surface area (Å²) in [6, 6.07) is 0. The van der Waals surface area contributed by atoms with Gasteiger partial charge in [-0.3, -0.25) is 0 Å². The first-order valence-electron chi connectivity index (χ1n) is 20.8. The molecule has 15 heteroatoms. The Balaban J connectivity index is 3.98. The average molecular weight is 829 g/mol. The van der Waals surface area contributed by atoms with Gasteiger partial charge in [-0.05, 0) is 83.1 Å². The lowest BCUT2D eigenvalue weighted by atomic mass is 10.3. The molecule has 13 unspecified atom stereocenters. The summed E-state index contributed by atoms with van der Waals surface area (Å²) in [6.45, 7) is 32.9. The molecule has 0 saturated heterocycles. The van der Waals surface area contributed by atoms with Crippen LogP contribution in [-0.2, 0) is 66.3 Å². The lowest BCUT2D eigenvalue weighted by Crippen LogP contribution is -2.31. The van der Waals surface area contributed by atoms with E-state index in [-0.39, 0.29) is 73.2 Å². The van der Waals surface area contributed by atoms with Crippen LogP contribution in [0, 0.1) is 0 Å². The summed E-state index contributed by atoms with van der Waals surface area (Å²) in [6.07, 6.45) is -0.278. The lowest BCUT2D eigenvalue weighted by Gasteiger charge is -2.24. The third-order valence-corrected chi connectivity index (χ3v) is 8.10. The Morgan fingerprint density at radius 2 is 0.632 bits per heavy atom. The number of aliphatic hydroxyl groups excluding tert-OH is 1. The highest BCUT2D eigenvalue weighted by atomic mass is 16.6. The van der Waals surface area contributed by atoms with E-state index in [2.05, 4.69) is 6.58 Å². The molecule has 0 aliphatic carbocycles. The van der Waals surface area contributed by atoms with E-state index in [1.807, 2.05) is 76.2 Å². The molecule has 0 heterocycles. The Bertz CT molecular complexity index is 901. The summed E-state index contributed by atoms with van der Waals surface area (Å²) in [5, 5.41) is 9.28. The maximum Gasteiger partial charge on any atom is 0.116 e. The van der Waals surface area contributed by atoms with Gasteiger partial charge in [-0.15, -0.1) is 0 Å². The van der Waals surface area contributed by atoms with Gasteiger partial charge in [0, 0.05) is 7.11 Å². The first-order chi connectivity index (χ1) is 27.0. The molecule has 0 aliphatic heterocycles.